The zero-order chi connectivity index (χ0) is 11.7. The fourth-order valence-electron chi connectivity index (χ4n) is 1.85. The van der Waals surface area contributed by atoms with E-state index < -0.39 is 6.09 Å². The van der Waals surface area contributed by atoms with Crippen molar-refractivity contribution >= 4 is 22.0 Å². The molecule has 16 heavy (non-hydrogen) atoms. The first-order chi connectivity index (χ1) is 7.59. The van der Waals surface area contributed by atoms with Crippen molar-refractivity contribution in [1.82, 2.24) is 4.90 Å². The molecule has 1 amide bonds. The second kappa shape index (κ2) is 4.33. The quantitative estimate of drug-likeness (QED) is 0.797. The maximum atomic E-state index is 11.1. The van der Waals surface area contributed by atoms with Gasteiger partial charge in [0.05, 0.1) is 12.6 Å². The van der Waals surface area contributed by atoms with E-state index in [1.807, 2.05) is 25.1 Å². The maximum absolute atomic E-state index is 11.1. The Hall–Kier alpha value is -1.23. The lowest BCUT2D eigenvalue weighted by Crippen LogP contribution is -2.33. The van der Waals surface area contributed by atoms with E-state index in [1.165, 1.54) is 4.90 Å². The third-order valence-electron chi connectivity index (χ3n) is 2.72. The van der Waals surface area contributed by atoms with Crippen LogP contribution in [0.3, 0.4) is 0 Å². The number of nitrogens with zero attached hydrogens (tertiary/aromatic N) is 1. The number of carboxylic acid groups (broad SMARTS) is 1. The topological polar surface area (TPSA) is 49.8 Å². The molecule has 0 saturated carbocycles. The van der Waals surface area contributed by atoms with Gasteiger partial charge in [0, 0.05) is 10.0 Å². The third kappa shape index (κ3) is 2.00. The maximum Gasteiger partial charge on any atom is 0.407 e. The minimum absolute atomic E-state index is 0.188. The van der Waals surface area contributed by atoms with Gasteiger partial charge in [-0.3, -0.25) is 4.90 Å². The first kappa shape index (κ1) is 11.3. The van der Waals surface area contributed by atoms with Crippen LogP contribution in [-0.4, -0.2) is 29.3 Å². The summed E-state index contributed by atoms with van der Waals surface area (Å²) in [6.45, 7) is 2.65. The van der Waals surface area contributed by atoms with Crippen molar-refractivity contribution in [1.29, 1.82) is 0 Å². The Labute approximate surface area is 102 Å². The Morgan fingerprint density at radius 2 is 2.38 bits per heavy atom. The Bertz CT molecular complexity index is 422. The summed E-state index contributed by atoms with van der Waals surface area (Å²) in [4.78, 5) is 12.5. The van der Waals surface area contributed by atoms with Gasteiger partial charge in [-0.1, -0.05) is 15.9 Å². The Morgan fingerprint density at radius 1 is 1.62 bits per heavy atom. The van der Waals surface area contributed by atoms with Crippen LogP contribution in [0.15, 0.2) is 22.7 Å². The van der Waals surface area contributed by atoms with Gasteiger partial charge >= 0.3 is 6.09 Å². The molecule has 0 fully saturated rings. The normalized spacial score (nSPS) is 19.6. The molecule has 1 heterocycles. The van der Waals surface area contributed by atoms with E-state index in [0.717, 1.165) is 15.8 Å². The smallest absolute Gasteiger partial charge is 0.407 e. The van der Waals surface area contributed by atoms with E-state index >= 15 is 0 Å². The summed E-state index contributed by atoms with van der Waals surface area (Å²) in [5.74, 6) is 0.763. The van der Waals surface area contributed by atoms with Gasteiger partial charge in [0.2, 0.25) is 0 Å². The summed E-state index contributed by atoms with van der Waals surface area (Å²) in [6.07, 6.45) is -0.913. The van der Waals surface area contributed by atoms with Gasteiger partial charge in [-0.15, -0.1) is 0 Å². The van der Waals surface area contributed by atoms with Crippen molar-refractivity contribution in [2.24, 2.45) is 0 Å². The SMILES string of the molecule is CC1c2cc(Br)ccc2OCCN1C(=O)O. The number of halogens is 1. The molecule has 1 N–H and O–H groups in total. The molecule has 0 radical (unpaired) electrons. The molecule has 86 valence electrons. The Balaban J connectivity index is 2.42. The molecule has 0 saturated heterocycles. The lowest BCUT2D eigenvalue weighted by Gasteiger charge is -2.23. The molecule has 1 unspecified atom stereocenters. The van der Waals surface area contributed by atoms with Crippen molar-refractivity contribution in [2.45, 2.75) is 13.0 Å². The molecule has 5 heteroatoms. The van der Waals surface area contributed by atoms with E-state index in [9.17, 15) is 4.79 Å². The molecule has 1 aromatic carbocycles. The number of hydrogen-bond acceptors (Lipinski definition) is 2. The van der Waals surface area contributed by atoms with E-state index in [4.69, 9.17) is 9.84 Å². The largest absolute Gasteiger partial charge is 0.491 e. The molecule has 0 aliphatic carbocycles. The molecule has 1 aliphatic rings. The van der Waals surface area contributed by atoms with Crippen molar-refractivity contribution in [2.75, 3.05) is 13.2 Å². The van der Waals surface area contributed by atoms with Crippen LogP contribution in [-0.2, 0) is 0 Å². The highest BCUT2D eigenvalue weighted by Crippen LogP contribution is 2.33. The Kier molecular flexibility index (Phi) is 3.05. The molecular weight excluding hydrogens is 274 g/mol. The highest BCUT2D eigenvalue weighted by Gasteiger charge is 2.26. The zero-order valence-corrected chi connectivity index (χ0v) is 10.4. The lowest BCUT2D eigenvalue weighted by atomic mass is 10.1. The predicted molar refractivity (Wildman–Crippen MR) is 62.8 cm³/mol. The van der Waals surface area contributed by atoms with E-state index in [0.29, 0.717) is 13.2 Å². The molecule has 1 atom stereocenters. The van der Waals surface area contributed by atoms with Crippen molar-refractivity contribution in [3.05, 3.63) is 28.2 Å². The fourth-order valence-corrected chi connectivity index (χ4v) is 2.23. The molecule has 1 aromatic rings. The van der Waals surface area contributed by atoms with Gasteiger partial charge in [0.15, 0.2) is 0 Å². The molecule has 0 bridgehead atoms. The molecule has 0 aromatic heterocycles. The summed E-state index contributed by atoms with van der Waals surface area (Å²) >= 11 is 3.38. The minimum atomic E-state index is -0.913. The van der Waals surface area contributed by atoms with Crippen molar-refractivity contribution in [3.63, 3.8) is 0 Å². The molecular formula is C11H12BrNO3. The van der Waals surface area contributed by atoms with Crippen LogP contribution in [0.4, 0.5) is 4.79 Å². The van der Waals surface area contributed by atoms with Crippen LogP contribution in [0.25, 0.3) is 0 Å². The van der Waals surface area contributed by atoms with Crippen molar-refractivity contribution in [3.8, 4) is 5.75 Å². The van der Waals surface area contributed by atoms with Crippen LogP contribution < -0.4 is 4.74 Å². The minimum Gasteiger partial charge on any atom is -0.491 e. The van der Waals surface area contributed by atoms with Crippen LogP contribution in [0, 0.1) is 0 Å². The van der Waals surface area contributed by atoms with Crippen LogP contribution in [0.5, 0.6) is 5.75 Å². The van der Waals surface area contributed by atoms with Gasteiger partial charge < -0.3 is 9.84 Å². The monoisotopic (exact) mass is 285 g/mol. The first-order valence-corrected chi connectivity index (χ1v) is 5.80. The Morgan fingerprint density at radius 3 is 3.06 bits per heavy atom. The number of fused-ring (bicyclic) bond motifs is 1. The summed E-state index contributed by atoms with van der Waals surface area (Å²) in [6, 6.07) is 5.47. The molecule has 4 nitrogen and oxygen atoms in total. The average Bonchev–Trinajstić information content (AvgIpc) is 2.39. The van der Waals surface area contributed by atoms with Gasteiger partial charge in [0.25, 0.3) is 0 Å². The van der Waals surface area contributed by atoms with Gasteiger partial charge in [0.1, 0.15) is 12.4 Å². The van der Waals surface area contributed by atoms with Gasteiger partial charge in [-0.2, -0.15) is 0 Å². The van der Waals surface area contributed by atoms with Crippen LogP contribution >= 0.6 is 15.9 Å². The summed E-state index contributed by atoms with van der Waals surface area (Å²) < 4.78 is 6.45. The number of carbonyl (C=O) groups is 1. The average molecular weight is 286 g/mol. The van der Waals surface area contributed by atoms with Crippen molar-refractivity contribution < 1.29 is 14.6 Å². The van der Waals surface area contributed by atoms with Crippen LogP contribution in [0.1, 0.15) is 18.5 Å². The second-order valence-corrected chi connectivity index (χ2v) is 4.60. The number of amides is 1. The lowest BCUT2D eigenvalue weighted by molar-refractivity contribution is 0.124. The van der Waals surface area contributed by atoms with Crippen LogP contribution in [0.2, 0.25) is 0 Å². The van der Waals surface area contributed by atoms with Gasteiger partial charge in [-0.25, -0.2) is 4.79 Å². The number of rotatable bonds is 0. The van der Waals surface area contributed by atoms with E-state index in [-0.39, 0.29) is 6.04 Å². The number of benzene rings is 1. The zero-order valence-electron chi connectivity index (χ0n) is 8.81. The fraction of sp³-hybridized carbons (Fsp3) is 0.364. The standard InChI is InChI=1S/C11H12BrNO3/c1-7-9-6-8(12)2-3-10(9)16-5-4-13(7)11(14)15/h2-3,6-7H,4-5H2,1H3,(H,14,15). The summed E-state index contributed by atoms with van der Waals surface area (Å²) in [5.41, 5.74) is 0.897. The van der Waals surface area contributed by atoms with Gasteiger partial charge in [-0.05, 0) is 25.1 Å². The van der Waals surface area contributed by atoms with E-state index in [1.54, 1.807) is 0 Å². The predicted octanol–water partition coefficient (Wildman–Crippen LogP) is 2.88. The highest BCUT2D eigenvalue weighted by molar-refractivity contribution is 9.10. The molecule has 2 rings (SSSR count). The van der Waals surface area contributed by atoms with E-state index in [2.05, 4.69) is 15.9 Å². The molecule has 1 aliphatic heterocycles. The number of hydrogen-bond donors (Lipinski definition) is 1. The number of ether oxygens (including phenoxy) is 1. The summed E-state index contributed by atoms with van der Waals surface area (Å²) in [7, 11) is 0. The summed E-state index contributed by atoms with van der Waals surface area (Å²) in [5, 5.41) is 9.09. The third-order valence-corrected chi connectivity index (χ3v) is 3.22. The first-order valence-electron chi connectivity index (χ1n) is 5.01. The highest BCUT2D eigenvalue weighted by atomic mass is 79.9. The molecule has 0 spiro atoms. The second-order valence-electron chi connectivity index (χ2n) is 3.68.